The summed E-state index contributed by atoms with van der Waals surface area (Å²) in [6, 6.07) is 18.4. The van der Waals surface area contributed by atoms with Crippen molar-refractivity contribution in [2.75, 3.05) is 24.4 Å². The summed E-state index contributed by atoms with van der Waals surface area (Å²) in [4.78, 5) is 28.5. The Kier molecular flexibility index (Phi) is 5.92. The smallest absolute Gasteiger partial charge is 0.282 e. The number of nitrogens with one attached hydrogen (secondary N) is 1. The predicted molar refractivity (Wildman–Crippen MR) is 130 cm³/mol. The number of carbonyl (C=O) groups is 2. The highest BCUT2D eigenvalue weighted by atomic mass is 16.5. The number of rotatable bonds is 6. The highest BCUT2D eigenvalue weighted by Crippen LogP contribution is 2.38. The van der Waals surface area contributed by atoms with Crippen LogP contribution in [0.1, 0.15) is 22.3 Å². The molecule has 0 fully saturated rings. The van der Waals surface area contributed by atoms with Gasteiger partial charge < -0.3 is 14.8 Å². The van der Waals surface area contributed by atoms with Crippen molar-refractivity contribution >= 4 is 28.8 Å². The normalized spacial score (nSPS) is 13.5. The van der Waals surface area contributed by atoms with Gasteiger partial charge in [-0.3, -0.25) is 9.59 Å². The molecule has 0 unspecified atom stereocenters. The first-order valence-corrected chi connectivity index (χ1v) is 10.6. The van der Waals surface area contributed by atoms with E-state index in [1.807, 2.05) is 57.2 Å². The molecule has 1 aliphatic heterocycles. The van der Waals surface area contributed by atoms with E-state index in [1.165, 1.54) is 12.0 Å². The fraction of sp³-hybridized carbons (Fsp3) is 0.185. The zero-order chi connectivity index (χ0) is 23.7. The largest absolute Gasteiger partial charge is 0.493 e. The van der Waals surface area contributed by atoms with Crippen LogP contribution in [0.5, 0.6) is 11.5 Å². The second-order valence-electron chi connectivity index (χ2n) is 7.98. The SMILES string of the molecule is COc1ccc(C2=C(Nc3ccc(C)c(C)c3)C(=O)N(c3ccccc3C)C2=O)cc1OC. The van der Waals surface area contributed by atoms with Gasteiger partial charge in [0.05, 0.1) is 25.5 Å². The Bertz CT molecular complexity index is 1290. The Balaban J connectivity index is 1.87. The summed E-state index contributed by atoms with van der Waals surface area (Å²) < 4.78 is 10.8. The summed E-state index contributed by atoms with van der Waals surface area (Å²) in [5.74, 6) is 0.214. The summed E-state index contributed by atoms with van der Waals surface area (Å²) in [6.07, 6.45) is 0. The minimum absolute atomic E-state index is 0.221. The Labute approximate surface area is 193 Å². The second-order valence-corrected chi connectivity index (χ2v) is 7.98. The van der Waals surface area contributed by atoms with Crippen LogP contribution in [0, 0.1) is 20.8 Å². The molecule has 6 nitrogen and oxygen atoms in total. The lowest BCUT2D eigenvalue weighted by molar-refractivity contribution is -0.120. The van der Waals surface area contributed by atoms with E-state index >= 15 is 0 Å². The van der Waals surface area contributed by atoms with Crippen molar-refractivity contribution < 1.29 is 19.1 Å². The molecular formula is C27H26N2O4. The van der Waals surface area contributed by atoms with E-state index in [0.29, 0.717) is 22.7 Å². The first-order chi connectivity index (χ1) is 15.8. The molecule has 3 aromatic rings. The summed E-state index contributed by atoms with van der Waals surface area (Å²) in [6.45, 7) is 5.91. The molecule has 0 bridgehead atoms. The number of ether oxygens (including phenoxy) is 2. The maximum Gasteiger partial charge on any atom is 0.282 e. The minimum atomic E-state index is -0.405. The highest BCUT2D eigenvalue weighted by molar-refractivity contribution is 6.46. The van der Waals surface area contributed by atoms with Crippen molar-refractivity contribution in [1.29, 1.82) is 0 Å². The van der Waals surface area contributed by atoms with Gasteiger partial charge in [-0.05, 0) is 73.4 Å². The molecule has 1 aliphatic rings. The quantitative estimate of drug-likeness (QED) is 0.543. The van der Waals surface area contributed by atoms with E-state index in [9.17, 15) is 9.59 Å². The van der Waals surface area contributed by atoms with Gasteiger partial charge in [0.2, 0.25) is 0 Å². The molecule has 0 aromatic heterocycles. The lowest BCUT2D eigenvalue weighted by Gasteiger charge is -2.18. The van der Waals surface area contributed by atoms with Crippen molar-refractivity contribution in [3.8, 4) is 11.5 Å². The molecule has 0 spiro atoms. The number of methoxy groups -OCH3 is 2. The summed E-state index contributed by atoms with van der Waals surface area (Å²) in [5, 5.41) is 3.22. The van der Waals surface area contributed by atoms with Crippen molar-refractivity contribution in [2.24, 2.45) is 0 Å². The number of imide groups is 1. The van der Waals surface area contributed by atoms with Crippen molar-refractivity contribution in [1.82, 2.24) is 0 Å². The molecule has 0 aliphatic carbocycles. The third kappa shape index (κ3) is 3.96. The number of para-hydroxylation sites is 1. The number of nitrogens with zero attached hydrogens (tertiary/aromatic N) is 1. The van der Waals surface area contributed by atoms with E-state index in [2.05, 4.69) is 5.32 Å². The lowest BCUT2D eigenvalue weighted by Crippen LogP contribution is -2.33. The molecule has 1 heterocycles. The molecule has 33 heavy (non-hydrogen) atoms. The molecule has 2 amide bonds. The zero-order valence-corrected chi connectivity index (χ0v) is 19.4. The van der Waals surface area contributed by atoms with E-state index < -0.39 is 11.8 Å². The van der Waals surface area contributed by atoms with Gasteiger partial charge in [-0.1, -0.05) is 30.3 Å². The van der Waals surface area contributed by atoms with Gasteiger partial charge in [0, 0.05) is 5.69 Å². The van der Waals surface area contributed by atoms with Crippen LogP contribution in [0.2, 0.25) is 0 Å². The maximum atomic E-state index is 13.7. The number of anilines is 2. The van der Waals surface area contributed by atoms with Gasteiger partial charge in [-0.2, -0.15) is 0 Å². The first-order valence-electron chi connectivity index (χ1n) is 10.6. The molecule has 168 valence electrons. The predicted octanol–water partition coefficient (Wildman–Crippen LogP) is 5.03. The molecule has 0 atom stereocenters. The molecule has 1 N–H and O–H groups in total. The number of aryl methyl sites for hydroxylation is 3. The zero-order valence-electron chi connectivity index (χ0n) is 19.4. The molecule has 3 aromatic carbocycles. The Morgan fingerprint density at radius 3 is 2.12 bits per heavy atom. The number of benzene rings is 3. The van der Waals surface area contributed by atoms with Gasteiger partial charge >= 0.3 is 0 Å². The van der Waals surface area contributed by atoms with Crippen LogP contribution in [0.25, 0.3) is 5.57 Å². The van der Waals surface area contributed by atoms with Crippen LogP contribution in [0.15, 0.2) is 66.4 Å². The van der Waals surface area contributed by atoms with E-state index in [0.717, 1.165) is 22.4 Å². The van der Waals surface area contributed by atoms with Crippen LogP contribution in [-0.4, -0.2) is 26.0 Å². The average Bonchev–Trinajstić information content (AvgIpc) is 3.05. The monoisotopic (exact) mass is 442 g/mol. The Morgan fingerprint density at radius 1 is 0.727 bits per heavy atom. The van der Waals surface area contributed by atoms with Crippen LogP contribution in [0.3, 0.4) is 0 Å². The van der Waals surface area contributed by atoms with Gasteiger partial charge in [0.25, 0.3) is 11.8 Å². The van der Waals surface area contributed by atoms with E-state index in [-0.39, 0.29) is 11.3 Å². The summed E-state index contributed by atoms with van der Waals surface area (Å²) in [7, 11) is 3.08. The Hall–Kier alpha value is -4.06. The van der Waals surface area contributed by atoms with E-state index in [4.69, 9.17) is 9.47 Å². The van der Waals surface area contributed by atoms with Crippen molar-refractivity contribution in [2.45, 2.75) is 20.8 Å². The molecule has 0 radical (unpaired) electrons. The average molecular weight is 443 g/mol. The van der Waals surface area contributed by atoms with Gasteiger partial charge in [-0.15, -0.1) is 0 Å². The van der Waals surface area contributed by atoms with E-state index in [1.54, 1.807) is 31.4 Å². The third-order valence-corrected chi connectivity index (χ3v) is 5.89. The Morgan fingerprint density at radius 2 is 1.45 bits per heavy atom. The van der Waals surface area contributed by atoms with Gasteiger partial charge in [-0.25, -0.2) is 4.90 Å². The second kappa shape index (κ2) is 8.82. The van der Waals surface area contributed by atoms with Crippen LogP contribution in [-0.2, 0) is 9.59 Å². The number of hydrogen-bond acceptors (Lipinski definition) is 5. The van der Waals surface area contributed by atoms with Crippen molar-refractivity contribution in [3.05, 3.63) is 88.6 Å². The maximum absolute atomic E-state index is 13.7. The number of amides is 2. The summed E-state index contributed by atoms with van der Waals surface area (Å²) >= 11 is 0. The molecular weight excluding hydrogens is 416 g/mol. The number of carbonyl (C=O) groups excluding carboxylic acids is 2. The molecule has 0 saturated carbocycles. The fourth-order valence-corrected chi connectivity index (χ4v) is 3.90. The van der Waals surface area contributed by atoms with Crippen LogP contribution in [0.4, 0.5) is 11.4 Å². The third-order valence-electron chi connectivity index (χ3n) is 5.89. The van der Waals surface area contributed by atoms with Crippen LogP contribution < -0.4 is 19.7 Å². The topological polar surface area (TPSA) is 67.9 Å². The molecule has 0 saturated heterocycles. The lowest BCUT2D eigenvalue weighted by atomic mass is 10.0. The fourth-order valence-electron chi connectivity index (χ4n) is 3.90. The minimum Gasteiger partial charge on any atom is -0.493 e. The number of hydrogen-bond donors (Lipinski definition) is 1. The highest BCUT2D eigenvalue weighted by Gasteiger charge is 2.41. The first kappa shape index (κ1) is 22.1. The van der Waals surface area contributed by atoms with Gasteiger partial charge in [0.1, 0.15) is 5.70 Å². The van der Waals surface area contributed by atoms with Crippen LogP contribution >= 0.6 is 0 Å². The van der Waals surface area contributed by atoms with Crippen molar-refractivity contribution in [3.63, 3.8) is 0 Å². The standard InChI is InChI=1S/C27H26N2O4/c1-16-10-12-20(14-18(16)3)28-25-24(19-11-13-22(32-4)23(15-19)33-5)26(30)29(27(25)31)21-9-7-6-8-17(21)2/h6-15,28H,1-5H3. The molecule has 4 rings (SSSR count). The molecule has 6 heteroatoms. The van der Waals surface area contributed by atoms with Gasteiger partial charge in [0.15, 0.2) is 11.5 Å². The summed E-state index contributed by atoms with van der Waals surface area (Å²) in [5.41, 5.74) is 5.42.